The maximum absolute atomic E-state index is 13.5. The first-order valence-electron chi connectivity index (χ1n) is 9.36. The van der Waals surface area contributed by atoms with Crippen LogP contribution in [0.1, 0.15) is 25.5 Å². The number of ether oxygens (including phenoxy) is 1. The van der Waals surface area contributed by atoms with Crippen molar-refractivity contribution < 1.29 is 13.9 Å². The molecule has 3 aromatic rings. The maximum Gasteiger partial charge on any atom is 0.250 e. The Bertz CT molecular complexity index is 1070. The number of para-hydroxylation sites is 1. The number of nitrogens with one attached hydrogen (secondary N) is 1. The van der Waals surface area contributed by atoms with Crippen molar-refractivity contribution in [3.8, 4) is 11.3 Å². The molecule has 28 heavy (non-hydrogen) atoms. The number of aromatic amines is 1. The van der Waals surface area contributed by atoms with Gasteiger partial charge in [-0.3, -0.25) is 4.79 Å². The topological polar surface area (TPSA) is 45.3 Å². The molecule has 0 spiro atoms. The fraction of sp³-hybridized carbons (Fsp3) is 0.261. The van der Waals surface area contributed by atoms with Crippen LogP contribution in [0.5, 0.6) is 0 Å². The molecule has 2 aromatic carbocycles. The van der Waals surface area contributed by atoms with Gasteiger partial charge in [0, 0.05) is 35.7 Å². The number of hydrogen-bond donors (Lipinski definition) is 1. The van der Waals surface area contributed by atoms with Gasteiger partial charge in [-0.15, -0.1) is 0 Å². The lowest BCUT2D eigenvalue weighted by Crippen LogP contribution is -2.33. The van der Waals surface area contributed by atoms with E-state index in [-0.39, 0.29) is 17.8 Å². The summed E-state index contributed by atoms with van der Waals surface area (Å²) < 4.78 is 18.7. The van der Waals surface area contributed by atoms with Crippen LogP contribution in [-0.4, -0.2) is 36.1 Å². The van der Waals surface area contributed by atoms with Crippen LogP contribution in [0, 0.1) is 5.82 Å². The second kappa shape index (κ2) is 7.24. The highest BCUT2D eigenvalue weighted by Crippen LogP contribution is 2.44. The molecule has 1 atom stereocenters. The van der Waals surface area contributed by atoms with Gasteiger partial charge in [0.25, 0.3) is 0 Å². The Morgan fingerprint density at radius 2 is 1.82 bits per heavy atom. The number of aromatic nitrogens is 1. The van der Waals surface area contributed by atoms with E-state index in [4.69, 9.17) is 4.74 Å². The van der Waals surface area contributed by atoms with E-state index < -0.39 is 0 Å². The van der Waals surface area contributed by atoms with Crippen LogP contribution in [0.25, 0.3) is 22.2 Å². The van der Waals surface area contributed by atoms with Gasteiger partial charge in [0.15, 0.2) is 0 Å². The van der Waals surface area contributed by atoms with Gasteiger partial charge in [-0.25, -0.2) is 4.39 Å². The average Bonchev–Trinajstić information content (AvgIpc) is 3.18. The first-order valence-corrected chi connectivity index (χ1v) is 9.36. The van der Waals surface area contributed by atoms with E-state index in [2.05, 4.69) is 11.1 Å². The van der Waals surface area contributed by atoms with E-state index in [0.29, 0.717) is 13.2 Å². The highest BCUT2D eigenvalue weighted by atomic mass is 19.1. The van der Waals surface area contributed by atoms with Crippen LogP contribution in [0.3, 0.4) is 0 Å². The first kappa shape index (κ1) is 18.4. The number of nitrogens with zero attached hydrogens (tertiary/aromatic N) is 1. The molecule has 1 aromatic heterocycles. The number of methoxy groups -OCH3 is 1. The molecule has 0 saturated heterocycles. The standard InChI is InChI=1S/C23H23FN2O2/c1-14-15(2)23(27)26(12-13-28-3)22(14)20-18-6-4-5-7-19(18)25-21(20)16-8-10-17(24)11-9-16/h4-11,22,25H,12-13H2,1-3H3/t22-/m1/s1. The molecule has 1 aliphatic heterocycles. The minimum atomic E-state index is -0.272. The monoisotopic (exact) mass is 378 g/mol. The minimum Gasteiger partial charge on any atom is -0.383 e. The molecule has 144 valence electrons. The van der Waals surface area contributed by atoms with Gasteiger partial charge in [0.1, 0.15) is 5.82 Å². The number of amides is 1. The quantitative estimate of drug-likeness (QED) is 0.690. The van der Waals surface area contributed by atoms with E-state index in [1.54, 1.807) is 19.2 Å². The van der Waals surface area contributed by atoms with E-state index >= 15 is 0 Å². The molecule has 0 unspecified atom stereocenters. The summed E-state index contributed by atoms with van der Waals surface area (Å²) in [5, 5.41) is 1.07. The van der Waals surface area contributed by atoms with Crippen LogP contribution < -0.4 is 0 Å². The summed E-state index contributed by atoms with van der Waals surface area (Å²) in [6, 6.07) is 14.3. The average molecular weight is 378 g/mol. The van der Waals surface area contributed by atoms with Crippen molar-refractivity contribution >= 4 is 16.8 Å². The van der Waals surface area contributed by atoms with Gasteiger partial charge in [-0.2, -0.15) is 0 Å². The third kappa shape index (κ3) is 2.92. The first-order chi connectivity index (χ1) is 13.5. The van der Waals surface area contributed by atoms with Crippen LogP contribution in [0.4, 0.5) is 4.39 Å². The second-order valence-electron chi connectivity index (χ2n) is 7.17. The predicted molar refractivity (Wildman–Crippen MR) is 108 cm³/mol. The fourth-order valence-electron chi connectivity index (χ4n) is 4.02. The van der Waals surface area contributed by atoms with Gasteiger partial charge in [-0.05, 0) is 55.3 Å². The number of rotatable bonds is 5. The molecule has 4 rings (SSSR count). The number of halogens is 1. The Labute approximate surface area is 163 Å². The molecule has 1 aliphatic rings. The van der Waals surface area contributed by atoms with Gasteiger partial charge in [-0.1, -0.05) is 18.2 Å². The van der Waals surface area contributed by atoms with Gasteiger partial charge in [0.2, 0.25) is 5.91 Å². The Morgan fingerprint density at radius 1 is 1.11 bits per heavy atom. The number of carbonyl (C=O) groups is 1. The number of benzene rings is 2. The van der Waals surface area contributed by atoms with Crippen molar-refractivity contribution in [3.63, 3.8) is 0 Å². The summed E-state index contributed by atoms with van der Waals surface area (Å²) in [7, 11) is 1.64. The Kier molecular flexibility index (Phi) is 4.77. The summed E-state index contributed by atoms with van der Waals surface area (Å²) in [5.74, 6) is -0.235. The smallest absolute Gasteiger partial charge is 0.250 e. The zero-order chi connectivity index (χ0) is 19.8. The zero-order valence-electron chi connectivity index (χ0n) is 16.3. The summed E-state index contributed by atoms with van der Waals surface area (Å²) in [4.78, 5) is 18.3. The highest BCUT2D eigenvalue weighted by Gasteiger charge is 2.38. The summed E-state index contributed by atoms with van der Waals surface area (Å²) in [6.45, 7) is 4.87. The molecular weight excluding hydrogens is 355 g/mol. The minimum absolute atomic E-state index is 0.0369. The third-order valence-electron chi connectivity index (χ3n) is 5.58. The molecular formula is C23H23FN2O2. The zero-order valence-corrected chi connectivity index (χ0v) is 16.3. The summed E-state index contributed by atoms with van der Waals surface area (Å²) in [5.41, 5.74) is 5.65. The van der Waals surface area contributed by atoms with Gasteiger partial charge < -0.3 is 14.6 Å². The van der Waals surface area contributed by atoms with Crippen LogP contribution in [0.2, 0.25) is 0 Å². The normalized spacial score (nSPS) is 17.2. The molecule has 5 heteroatoms. The van der Waals surface area contributed by atoms with Crippen molar-refractivity contribution in [2.75, 3.05) is 20.3 Å². The second-order valence-corrected chi connectivity index (χ2v) is 7.17. The van der Waals surface area contributed by atoms with Crippen LogP contribution in [-0.2, 0) is 9.53 Å². The van der Waals surface area contributed by atoms with Crippen molar-refractivity contribution in [2.24, 2.45) is 0 Å². The molecule has 0 fully saturated rings. The number of fused-ring (bicyclic) bond motifs is 1. The molecule has 0 bridgehead atoms. The Morgan fingerprint density at radius 3 is 2.54 bits per heavy atom. The van der Waals surface area contributed by atoms with Gasteiger partial charge >= 0.3 is 0 Å². The molecule has 0 saturated carbocycles. The lowest BCUT2D eigenvalue weighted by molar-refractivity contribution is -0.127. The van der Waals surface area contributed by atoms with Crippen molar-refractivity contribution in [3.05, 3.63) is 71.1 Å². The van der Waals surface area contributed by atoms with E-state index in [1.807, 2.05) is 36.9 Å². The summed E-state index contributed by atoms with van der Waals surface area (Å²) >= 11 is 0. The Balaban J connectivity index is 1.94. The van der Waals surface area contributed by atoms with Gasteiger partial charge in [0.05, 0.1) is 18.3 Å². The molecule has 1 amide bonds. The number of carbonyl (C=O) groups excluding carboxylic acids is 1. The van der Waals surface area contributed by atoms with E-state index in [0.717, 1.165) is 38.9 Å². The molecule has 0 radical (unpaired) electrons. The third-order valence-corrected chi connectivity index (χ3v) is 5.58. The van der Waals surface area contributed by atoms with Crippen LogP contribution in [0.15, 0.2) is 59.7 Å². The fourth-order valence-corrected chi connectivity index (χ4v) is 4.02. The summed E-state index contributed by atoms with van der Waals surface area (Å²) in [6.07, 6.45) is 0. The predicted octanol–water partition coefficient (Wildman–Crippen LogP) is 4.84. The van der Waals surface area contributed by atoms with Crippen molar-refractivity contribution in [2.45, 2.75) is 19.9 Å². The van der Waals surface area contributed by atoms with E-state index in [1.165, 1.54) is 12.1 Å². The lowest BCUT2D eigenvalue weighted by Gasteiger charge is -2.27. The molecule has 4 nitrogen and oxygen atoms in total. The SMILES string of the molecule is COCCN1C(=O)C(C)=C(C)[C@@H]1c1c(-c2ccc(F)cc2)[nH]c2ccccc12. The Hall–Kier alpha value is -2.92. The molecule has 1 N–H and O–H groups in total. The van der Waals surface area contributed by atoms with Crippen molar-refractivity contribution in [1.82, 2.24) is 9.88 Å². The highest BCUT2D eigenvalue weighted by molar-refractivity contribution is 6.00. The van der Waals surface area contributed by atoms with E-state index in [9.17, 15) is 9.18 Å². The van der Waals surface area contributed by atoms with Crippen molar-refractivity contribution in [1.29, 1.82) is 0 Å². The largest absolute Gasteiger partial charge is 0.383 e. The van der Waals surface area contributed by atoms with Crippen LogP contribution >= 0.6 is 0 Å². The maximum atomic E-state index is 13.5. The molecule has 0 aliphatic carbocycles. The lowest BCUT2D eigenvalue weighted by atomic mass is 9.94. The number of hydrogen-bond acceptors (Lipinski definition) is 2. The number of H-pyrrole nitrogens is 1. The molecule has 2 heterocycles.